The van der Waals surface area contributed by atoms with Gasteiger partial charge in [-0.3, -0.25) is 4.90 Å². The molecular formula is C15H20N4O. The predicted octanol–water partition coefficient (Wildman–Crippen LogP) is 1.42. The van der Waals surface area contributed by atoms with Gasteiger partial charge in [0.05, 0.1) is 18.3 Å². The highest BCUT2D eigenvalue weighted by Gasteiger charge is 2.31. The molecular weight excluding hydrogens is 252 g/mol. The van der Waals surface area contributed by atoms with Crippen LogP contribution in [0.1, 0.15) is 18.4 Å². The van der Waals surface area contributed by atoms with Crippen LogP contribution in [0.5, 0.6) is 0 Å². The Balaban J connectivity index is 1.56. The maximum absolute atomic E-state index is 8.97. The van der Waals surface area contributed by atoms with Crippen LogP contribution in [0.15, 0.2) is 18.2 Å². The summed E-state index contributed by atoms with van der Waals surface area (Å²) in [5.41, 5.74) is 7.67. The molecule has 3 N–H and O–H groups in total. The number of fused-ring (bicyclic) bond motifs is 1. The van der Waals surface area contributed by atoms with Crippen LogP contribution in [0.4, 0.5) is 11.4 Å². The van der Waals surface area contributed by atoms with E-state index in [0.717, 1.165) is 25.4 Å². The van der Waals surface area contributed by atoms with Gasteiger partial charge in [0.2, 0.25) is 0 Å². The fraction of sp³-hybridized carbons (Fsp3) is 0.533. The Morgan fingerprint density at radius 1 is 1.50 bits per heavy atom. The molecule has 2 fully saturated rings. The molecule has 0 amide bonds. The van der Waals surface area contributed by atoms with Crippen molar-refractivity contribution < 1.29 is 4.74 Å². The van der Waals surface area contributed by atoms with E-state index in [9.17, 15) is 0 Å². The Kier molecular flexibility index (Phi) is 3.77. The molecule has 2 aliphatic heterocycles. The number of nitriles is 1. The first kappa shape index (κ1) is 13.2. The molecule has 5 nitrogen and oxygen atoms in total. The maximum Gasteiger partial charge on any atom is 0.101 e. The molecule has 0 aromatic heterocycles. The zero-order valence-electron chi connectivity index (χ0n) is 11.5. The number of hydrogen-bond acceptors (Lipinski definition) is 5. The summed E-state index contributed by atoms with van der Waals surface area (Å²) in [7, 11) is 0. The standard InChI is InChI=1S/C15H20N4O/c16-7-11-6-12(3-4-15(11)17)18-8-14-9-19-5-1-2-13(19)10-20-14/h3-4,6,13-14,18H,1-2,5,8-10,17H2. The number of benzene rings is 1. The van der Waals surface area contributed by atoms with E-state index in [2.05, 4.69) is 16.3 Å². The molecule has 0 saturated carbocycles. The molecule has 0 spiro atoms. The van der Waals surface area contributed by atoms with Crippen LogP contribution >= 0.6 is 0 Å². The van der Waals surface area contributed by atoms with Crippen LogP contribution in [-0.4, -0.2) is 43.3 Å². The monoisotopic (exact) mass is 272 g/mol. The number of nitrogen functional groups attached to an aromatic ring is 1. The number of nitrogens with one attached hydrogen (secondary N) is 1. The van der Waals surface area contributed by atoms with E-state index in [1.165, 1.54) is 19.4 Å². The van der Waals surface area contributed by atoms with Crippen LogP contribution in [0, 0.1) is 11.3 Å². The lowest BCUT2D eigenvalue weighted by Gasteiger charge is -2.35. The van der Waals surface area contributed by atoms with Gasteiger partial charge in [-0.25, -0.2) is 0 Å². The summed E-state index contributed by atoms with van der Waals surface area (Å²) in [5.74, 6) is 0. The molecule has 0 radical (unpaired) electrons. The fourth-order valence-electron chi connectivity index (χ4n) is 3.00. The van der Waals surface area contributed by atoms with Gasteiger partial charge in [-0.15, -0.1) is 0 Å². The summed E-state index contributed by atoms with van der Waals surface area (Å²) in [6.07, 6.45) is 2.77. The predicted molar refractivity (Wildman–Crippen MR) is 78.4 cm³/mol. The SMILES string of the molecule is N#Cc1cc(NCC2CN3CCCC3CO2)ccc1N. The third kappa shape index (κ3) is 2.72. The molecule has 1 aromatic rings. The van der Waals surface area contributed by atoms with Crippen molar-refractivity contribution in [3.63, 3.8) is 0 Å². The van der Waals surface area contributed by atoms with Crippen molar-refractivity contribution in [1.29, 1.82) is 5.26 Å². The maximum atomic E-state index is 8.97. The van der Waals surface area contributed by atoms with Gasteiger partial charge in [-0.2, -0.15) is 5.26 Å². The Morgan fingerprint density at radius 2 is 2.40 bits per heavy atom. The molecule has 106 valence electrons. The topological polar surface area (TPSA) is 74.3 Å². The number of ether oxygens (including phenoxy) is 1. The molecule has 2 aliphatic rings. The minimum atomic E-state index is 0.215. The van der Waals surface area contributed by atoms with Crippen LogP contribution in [0.3, 0.4) is 0 Å². The molecule has 2 atom stereocenters. The van der Waals surface area contributed by atoms with Crippen molar-refractivity contribution in [3.8, 4) is 6.07 Å². The normalized spacial score (nSPS) is 25.9. The second-order valence-corrected chi connectivity index (χ2v) is 5.54. The molecule has 0 aliphatic carbocycles. The third-order valence-corrected chi connectivity index (χ3v) is 4.17. The number of morpholine rings is 1. The zero-order chi connectivity index (χ0) is 13.9. The van der Waals surface area contributed by atoms with Gasteiger partial charge in [0.25, 0.3) is 0 Å². The first-order chi connectivity index (χ1) is 9.76. The van der Waals surface area contributed by atoms with E-state index >= 15 is 0 Å². The minimum absolute atomic E-state index is 0.215. The van der Waals surface area contributed by atoms with Crippen LogP contribution in [0.25, 0.3) is 0 Å². The van der Waals surface area contributed by atoms with Crippen molar-refractivity contribution in [2.45, 2.75) is 25.0 Å². The summed E-state index contributed by atoms with van der Waals surface area (Å²) in [5, 5.41) is 12.3. The summed E-state index contributed by atoms with van der Waals surface area (Å²) < 4.78 is 5.90. The van der Waals surface area contributed by atoms with Gasteiger partial charge in [-0.05, 0) is 37.6 Å². The molecule has 5 heteroatoms. The third-order valence-electron chi connectivity index (χ3n) is 4.17. The Hall–Kier alpha value is -1.77. The largest absolute Gasteiger partial charge is 0.398 e. The highest BCUT2D eigenvalue weighted by Crippen LogP contribution is 2.23. The minimum Gasteiger partial charge on any atom is -0.398 e. The van der Waals surface area contributed by atoms with Gasteiger partial charge < -0.3 is 15.8 Å². The molecule has 1 aromatic carbocycles. The van der Waals surface area contributed by atoms with Crippen molar-refractivity contribution in [1.82, 2.24) is 4.90 Å². The summed E-state index contributed by atoms with van der Waals surface area (Å²) in [6, 6.07) is 8.18. The van der Waals surface area contributed by atoms with Crippen LogP contribution in [0.2, 0.25) is 0 Å². The zero-order valence-corrected chi connectivity index (χ0v) is 11.5. The lowest BCUT2D eigenvalue weighted by Crippen LogP contribution is -2.48. The number of nitrogens with zero attached hydrogens (tertiary/aromatic N) is 2. The van der Waals surface area contributed by atoms with Crippen molar-refractivity contribution in [2.75, 3.05) is 37.3 Å². The molecule has 2 unspecified atom stereocenters. The Morgan fingerprint density at radius 3 is 3.25 bits per heavy atom. The van der Waals surface area contributed by atoms with E-state index in [1.807, 2.05) is 6.07 Å². The van der Waals surface area contributed by atoms with Gasteiger partial charge >= 0.3 is 0 Å². The van der Waals surface area contributed by atoms with Crippen LogP contribution < -0.4 is 11.1 Å². The lowest BCUT2D eigenvalue weighted by atomic mass is 10.1. The number of rotatable bonds is 3. The first-order valence-corrected chi connectivity index (χ1v) is 7.15. The summed E-state index contributed by atoms with van der Waals surface area (Å²) in [4.78, 5) is 2.53. The quantitative estimate of drug-likeness (QED) is 0.814. The van der Waals surface area contributed by atoms with Gasteiger partial charge in [0, 0.05) is 30.5 Å². The molecule has 0 bridgehead atoms. The number of hydrogen-bond donors (Lipinski definition) is 2. The smallest absolute Gasteiger partial charge is 0.101 e. The van der Waals surface area contributed by atoms with Crippen molar-refractivity contribution >= 4 is 11.4 Å². The van der Waals surface area contributed by atoms with E-state index < -0.39 is 0 Å². The Labute approximate surface area is 119 Å². The highest BCUT2D eigenvalue weighted by molar-refractivity contribution is 5.61. The number of anilines is 2. The molecule has 20 heavy (non-hydrogen) atoms. The van der Waals surface area contributed by atoms with Gasteiger partial charge in [0.1, 0.15) is 6.07 Å². The second-order valence-electron chi connectivity index (χ2n) is 5.54. The molecule has 2 heterocycles. The van der Waals surface area contributed by atoms with Gasteiger partial charge in [-0.1, -0.05) is 0 Å². The highest BCUT2D eigenvalue weighted by atomic mass is 16.5. The average Bonchev–Trinajstić information content (AvgIpc) is 2.94. The van der Waals surface area contributed by atoms with E-state index in [4.69, 9.17) is 15.7 Å². The van der Waals surface area contributed by atoms with Crippen molar-refractivity contribution in [2.24, 2.45) is 0 Å². The lowest BCUT2D eigenvalue weighted by molar-refractivity contribution is -0.0415. The first-order valence-electron chi connectivity index (χ1n) is 7.15. The van der Waals surface area contributed by atoms with E-state index in [1.54, 1.807) is 12.1 Å². The Bertz CT molecular complexity index is 525. The molecule has 3 rings (SSSR count). The number of nitrogens with two attached hydrogens (primary N) is 1. The fourth-order valence-corrected chi connectivity index (χ4v) is 3.00. The average molecular weight is 272 g/mol. The summed E-state index contributed by atoms with van der Waals surface area (Å²) in [6.45, 7) is 3.80. The molecule has 2 saturated heterocycles. The summed E-state index contributed by atoms with van der Waals surface area (Å²) >= 11 is 0. The van der Waals surface area contributed by atoms with Crippen molar-refractivity contribution in [3.05, 3.63) is 23.8 Å². The van der Waals surface area contributed by atoms with E-state index in [0.29, 0.717) is 17.3 Å². The van der Waals surface area contributed by atoms with E-state index in [-0.39, 0.29) is 6.10 Å². The van der Waals surface area contributed by atoms with Crippen LogP contribution in [-0.2, 0) is 4.74 Å². The second kappa shape index (κ2) is 5.70. The van der Waals surface area contributed by atoms with Gasteiger partial charge in [0.15, 0.2) is 0 Å².